The minimum Gasteiger partial charge on any atom is -0.481 e. The van der Waals surface area contributed by atoms with Gasteiger partial charge in [-0.25, -0.2) is 0 Å². The van der Waals surface area contributed by atoms with Crippen LogP contribution in [0.5, 0.6) is 0 Å². The number of aliphatic carboxylic acids is 1. The van der Waals surface area contributed by atoms with Gasteiger partial charge in [0.25, 0.3) is 0 Å². The van der Waals surface area contributed by atoms with Crippen LogP contribution in [0.3, 0.4) is 0 Å². The predicted octanol–water partition coefficient (Wildman–Crippen LogP) is 3.38. The maximum atomic E-state index is 11.4. The van der Waals surface area contributed by atoms with Crippen molar-refractivity contribution in [1.82, 2.24) is 0 Å². The van der Waals surface area contributed by atoms with Crippen molar-refractivity contribution in [3.8, 4) is 0 Å². The summed E-state index contributed by atoms with van der Waals surface area (Å²) in [6.07, 6.45) is 9.60. The van der Waals surface area contributed by atoms with Crippen molar-refractivity contribution >= 4 is 5.97 Å². The topological polar surface area (TPSA) is 37.3 Å². The summed E-state index contributed by atoms with van der Waals surface area (Å²) in [5, 5.41) is 9.41. The highest BCUT2D eigenvalue weighted by atomic mass is 16.4. The molecule has 0 heterocycles. The van der Waals surface area contributed by atoms with Gasteiger partial charge in [-0.1, -0.05) is 25.0 Å². The molecule has 0 unspecified atom stereocenters. The van der Waals surface area contributed by atoms with Crippen LogP contribution in [-0.2, 0) is 4.79 Å². The van der Waals surface area contributed by atoms with Crippen LogP contribution in [-0.4, -0.2) is 11.1 Å². The van der Waals surface area contributed by atoms with Crippen molar-refractivity contribution in [2.45, 2.75) is 51.9 Å². The van der Waals surface area contributed by atoms with Gasteiger partial charge in [0.05, 0.1) is 5.41 Å². The van der Waals surface area contributed by atoms with Gasteiger partial charge in [0, 0.05) is 0 Å². The lowest BCUT2D eigenvalue weighted by Gasteiger charge is -2.46. The second-order valence-corrected chi connectivity index (χ2v) is 5.04. The first-order valence-electron chi connectivity index (χ1n) is 6.12. The SMILES string of the molecule is CCC1CC(C(=O)O)(C2=CCCCC2)C1. The van der Waals surface area contributed by atoms with E-state index in [-0.39, 0.29) is 0 Å². The van der Waals surface area contributed by atoms with Gasteiger partial charge in [0.2, 0.25) is 0 Å². The number of carboxylic acid groups (broad SMARTS) is 1. The van der Waals surface area contributed by atoms with Gasteiger partial charge in [-0.2, -0.15) is 0 Å². The van der Waals surface area contributed by atoms with Crippen LogP contribution in [0.1, 0.15) is 51.9 Å². The molecule has 1 fully saturated rings. The van der Waals surface area contributed by atoms with E-state index in [0.29, 0.717) is 5.92 Å². The Hall–Kier alpha value is -0.790. The van der Waals surface area contributed by atoms with Gasteiger partial charge in [0.15, 0.2) is 0 Å². The second kappa shape index (κ2) is 3.99. The molecule has 2 aliphatic carbocycles. The minimum absolute atomic E-state index is 0.457. The van der Waals surface area contributed by atoms with Gasteiger partial charge in [-0.3, -0.25) is 4.79 Å². The molecule has 1 saturated carbocycles. The van der Waals surface area contributed by atoms with E-state index < -0.39 is 11.4 Å². The van der Waals surface area contributed by atoms with Crippen molar-refractivity contribution in [1.29, 1.82) is 0 Å². The third-order valence-corrected chi connectivity index (χ3v) is 4.17. The highest BCUT2D eigenvalue weighted by Crippen LogP contribution is 2.54. The van der Waals surface area contributed by atoms with E-state index in [1.807, 2.05) is 0 Å². The fourth-order valence-corrected chi connectivity index (χ4v) is 3.06. The quantitative estimate of drug-likeness (QED) is 0.722. The van der Waals surface area contributed by atoms with E-state index in [1.165, 1.54) is 18.4 Å². The smallest absolute Gasteiger partial charge is 0.313 e. The lowest BCUT2D eigenvalue weighted by Crippen LogP contribution is -2.45. The van der Waals surface area contributed by atoms with Gasteiger partial charge in [-0.15, -0.1) is 0 Å². The third-order valence-electron chi connectivity index (χ3n) is 4.17. The highest BCUT2D eigenvalue weighted by Gasteiger charge is 2.51. The molecule has 0 spiro atoms. The average Bonchev–Trinajstić information content (AvgIpc) is 2.18. The molecule has 0 aromatic heterocycles. The Kier molecular flexibility index (Phi) is 2.85. The first-order valence-corrected chi connectivity index (χ1v) is 6.12. The number of allylic oxidation sites excluding steroid dienone is 1. The Morgan fingerprint density at radius 1 is 1.53 bits per heavy atom. The fraction of sp³-hybridized carbons (Fsp3) is 0.769. The molecule has 0 amide bonds. The summed E-state index contributed by atoms with van der Waals surface area (Å²) in [5.74, 6) is 0.0595. The molecule has 0 bridgehead atoms. The molecule has 2 aliphatic rings. The molecule has 15 heavy (non-hydrogen) atoms. The number of hydrogen-bond donors (Lipinski definition) is 1. The Morgan fingerprint density at radius 3 is 2.73 bits per heavy atom. The molecule has 0 aliphatic heterocycles. The summed E-state index contributed by atoms with van der Waals surface area (Å²) >= 11 is 0. The molecule has 0 radical (unpaired) electrons. The van der Waals surface area contributed by atoms with Gasteiger partial charge >= 0.3 is 5.97 Å². The zero-order valence-corrected chi connectivity index (χ0v) is 9.46. The maximum Gasteiger partial charge on any atom is 0.313 e. The van der Waals surface area contributed by atoms with Crippen LogP contribution in [0, 0.1) is 11.3 Å². The van der Waals surface area contributed by atoms with E-state index >= 15 is 0 Å². The van der Waals surface area contributed by atoms with Gasteiger partial charge in [0.1, 0.15) is 0 Å². The average molecular weight is 208 g/mol. The van der Waals surface area contributed by atoms with E-state index in [2.05, 4.69) is 13.0 Å². The van der Waals surface area contributed by atoms with Crippen molar-refractivity contribution in [3.63, 3.8) is 0 Å². The molecule has 0 atom stereocenters. The number of carboxylic acids is 1. The Balaban J connectivity index is 2.14. The molecule has 0 aromatic carbocycles. The lowest BCUT2D eigenvalue weighted by molar-refractivity contribution is -0.154. The van der Waals surface area contributed by atoms with E-state index in [4.69, 9.17) is 0 Å². The molecule has 2 heteroatoms. The molecule has 2 rings (SSSR count). The van der Waals surface area contributed by atoms with Crippen LogP contribution < -0.4 is 0 Å². The van der Waals surface area contributed by atoms with Crippen LogP contribution in [0.15, 0.2) is 11.6 Å². The molecular weight excluding hydrogens is 188 g/mol. The van der Waals surface area contributed by atoms with Gasteiger partial charge < -0.3 is 5.11 Å². The van der Waals surface area contributed by atoms with Crippen molar-refractivity contribution in [2.24, 2.45) is 11.3 Å². The van der Waals surface area contributed by atoms with E-state index in [9.17, 15) is 9.90 Å². The zero-order chi connectivity index (χ0) is 10.9. The Labute approximate surface area is 91.4 Å². The molecule has 84 valence electrons. The van der Waals surface area contributed by atoms with Crippen LogP contribution in [0.4, 0.5) is 0 Å². The number of hydrogen-bond acceptors (Lipinski definition) is 1. The molecule has 1 N–H and O–H groups in total. The van der Waals surface area contributed by atoms with Crippen LogP contribution in [0.25, 0.3) is 0 Å². The summed E-state index contributed by atoms with van der Waals surface area (Å²) < 4.78 is 0. The van der Waals surface area contributed by atoms with Crippen LogP contribution in [0.2, 0.25) is 0 Å². The number of carbonyl (C=O) groups is 1. The summed E-state index contributed by atoms with van der Waals surface area (Å²) in [5.41, 5.74) is 0.770. The summed E-state index contributed by atoms with van der Waals surface area (Å²) in [7, 11) is 0. The summed E-state index contributed by atoms with van der Waals surface area (Å²) in [4.78, 5) is 11.4. The maximum absolute atomic E-state index is 11.4. The standard InChI is InChI=1S/C13H20O2/c1-2-10-8-13(9-10,12(14)15)11-6-4-3-5-7-11/h6,10H,2-5,7-9H2,1H3,(H,14,15). The third kappa shape index (κ3) is 1.70. The zero-order valence-electron chi connectivity index (χ0n) is 9.46. The lowest BCUT2D eigenvalue weighted by atomic mass is 9.56. The van der Waals surface area contributed by atoms with Crippen molar-refractivity contribution in [2.75, 3.05) is 0 Å². The van der Waals surface area contributed by atoms with E-state index in [1.54, 1.807) is 0 Å². The van der Waals surface area contributed by atoms with Crippen LogP contribution >= 0.6 is 0 Å². The summed E-state index contributed by atoms with van der Waals surface area (Å²) in [6, 6.07) is 0. The second-order valence-electron chi connectivity index (χ2n) is 5.04. The molecule has 0 aromatic rings. The minimum atomic E-state index is -0.583. The van der Waals surface area contributed by atoms with Crippen molar-refractivity contribution < 1.29 is 9.90 Å². The van der Waals surface area contributed by atoms with E-state index in [0.717, 1.165) is 32.1 Å². The molecule has 0 saturated heterocycles. The van der Waals surface area contributed by atoms with Crippen molar-refractivity contribution in [3.05, 3.63) is 11.6 Å². The predicted molar refractivity (Wildman–Crippen MR) is 59.6 cm³/mol. The van der Waals surface area contributed by atoms with Gasteiger partial charge in [-0.05, 0) is 44.4 Å². The monoisotopic (exact) mass is 208 g/mol. The Bertz CT molecular complexity index is 285. The number of rotatable bonds is 3. The first-order chi connectivity index (χ1) is 7.19. The highest BCUT2D eigenvalue weighted by molar-refractivity contribution is 5.80. The largest absolute Gasteiger partial charge is 0.481 e. The first kappa shape index (κ1) is 10.7. The Morgan fingerprint density at radius 2 is 2.27 bits per heavy atom. The normalized spacial score (nSPS) is 35.5. The molecule has 2 nitrogen and oxygen atoms in total. The fourth-order valence-electron chi connectivity index (χ4n) is 3.06. The summed E-state index contributed by atoms with van der Waals surface area (Å²) in [6.45, 7) is 2.16. The molecular formula is C13H20O2.